The van der Waals surface area contributed by atoms with E-state index in [0.29, 0.717) is 31.7 Å². The number of amides is 1. The third-order valence-electron chi connectivity index (χ3n) is 7.74. The minimum absolute atomic E-state index is 0.192. The van der Waals surface area contributed by atoms with Crippen molar-refractivity contribution in [3.05, 3.63) is 104 Å². The Balaban J connectivity index is 1.40. The van der Waals surface area contributed by atoms with Crippen LogP contribution in [-0.4, -0.2) is 39.1 Å². The van der Waals surface area contributed by atoms with Gasteiger partial charge in [-0.3, -0.25) is 19.1 Å². The summed E-state index contributed by atoms with van der Waals surface area (Å²) in [5.74, 6) is 0.949. The molecule has 4 heterocycles. The second kappa shape index (κ2) is 12.0. The highest BCUT2D eigenvalue weighted by Crippen LogP contribution is 2.33. The lowest BCUT2D eigenvalue weighted by Crippen LogP contribution is -2.36. The molecule has 0 aliphatic carbocycles. The Morgan fingerprint density at radius 2 is 1.90 bits per heavy atom. The van der Waals surface area contributed by atoms with E-state index in [1.54, 1.807) is 23.9 Å². The number of carbonyl (C=O) groups excluding carboxylic acids is 1. The van der Waals surface area contributed by atoms with Crippen LogP contribution in [0.15, 0.2) is 53.5 Å². The second-order valence-corrected chi connectivity index (χ2v) is 10.9. The number of carbonyl (C=O) groups is 1. The van der Waals surface area contributed by atoms with Crippen LogP contribution in [0.4, 0.5) is 11.6 Å². The molecule has 0 spiro atoms. The number of nitrogen functional groups attached to an aromatic ring is 1. The number of nitrogens with zero attached hydrogens (tertiary/aromatic N) is 4. The number of ether oxygens (including phenoxy) is 1. The molecule has 0 radical (unpaired) electrons. The van der Waals surface area contributed by atoms with Crippen LogP contribution in [0, 0.1) is 27.7 Å². The monoisotopic (exact) mass is 567 g/mol. The smallest absolute Gasteiger partial charge is 0.294 e. The predicted molar refractivity (Wildman–Crippen MR) is 163 cm³/mol. The number of aromatic nitrogens is 4. The van der Waals surface area contributed by atoms with Crippen LogP contribution < -0.4 is 26.7 Å². The van der Waals surface area contributed by atoms with Gasteiger partial charge in [0, 0.05) is 47.8 Å². The number of nitrogens with two attached hydrogens (primary N) is 1. The molecule has 4 N–H and O–H groups in total. The van der Waals surface area contributed by atoms with Crippen LogP contribution >= 0.6 is 0 Å². The average molecular weight is 568 g/mol. The van der Waals surface area contributed by atoms with Gasteiger partial charge in [-0.2, -0.15) is 0 Å². The van der Waals surface area contributed by atoms with Crippen molar-refractivity contribution in [1.29, 1.82) is 0 Å². The average Bonchev–Trinajstić information content (AvgIpc) is 3.39. The normalized spacial score (nSPS) is 14.7. The molecule has 10 nitrogen and oxygen atoms in total. The van der Waals surface area contributed by atoms with Crippen molar-refractivity contribution in [2.45, 2.75) is 59.0 Å². The number of pyridine rings is 2. The number of rotatable bonds is 9. The Bertz CT molecular complexity index is 1680. The lowest BCUT2D eigenvalue weighted by molar-refractivity contribution is -0.124. The van der Waals surface area contributed by atoms with Gasteiger partial charge in [0.25, 0.3) is 5.56 Å². The molecule has 0 saturated carbocycles. The molecule has 0 unspecified atom stereocenters. The van der Waals surface area contributed by atoms with Crippen LogP contribution in [0.5, 0.6) is 5.75 Å². The maximum absolute atomic E-state index is 13.7. The van der Waals surface area contributed by atoms with Crippen LogP contribution in [-0.2, 0) is 17.8 Å². The summed E-state index contributed by atoms with van der Waals surface area (Å²) in [4.78, 5) is 40.5. The first kappa shape index (κ1) is 28.8. The molecule has 1 aliphatic heterocycles. The number of anilines is 2. The summed E-state index contributed by atoms with van der Waals surface area (Å²) in [6, 6.07) is 13.1. The van der Waals surface area contributed by atoms with E-state index in [2.05, 4.69) is 26.7 Å². The Hall–Kier alpha value is -4.73. The summed E-state index contributed by atoms with van der Waals surface area (Å²) >= 11 is 0. The van der Waals surface area contributed by atoms with Crippen LogP contribution in [0.3, 0.4) is 0 Å². The van der Waals surface area contributed by atoms with E-state index in [0.717, 1.165) is 50.8 Å². The molecular weight excluding hydrogens is 530 g/mol. The van der Waals surface area contributed by atoms with Gasteiger partial charge in [-0.1, -0.05) is 18.2 Å². The van der Waals surface area contributed by atoms with Gasteiger partial charge >= 0.3 is 0 Å². The van der Waals surface area contributed by atoms with E-state index < -0.39 is 6.04 Å². The maximum Gasteiger partial charge on any atom is 0.294 e. The van der Waals surface area contributed by atoms with Gasteiger partial charge in [0.05, 0.1) is 12.8 Å². The highest BCUT2D eigenvalue weighted by molar-refractivity contribution is 5.81. The van der Waals surface area contributed by atoms with Crippen LogP contribution in [0.1, 0.15) is 63.4 Å². The van der Waals surface area contributed by atoms with Gasteiger partial charge < -0.3 is 21.1 Å². The third kappa shape index (κ3) is 5.97. The maximum atomic E-state index is 13.7. The number of hydrogen-bond acceptors (Lipinski definition) is 8. The minimum atomic E-state index is -0.618. The molecule has 4 aromatic rings. The Labute approximate surface area is 245 Å². The second-order valence-electron chi connectivity index (χ2n) is 10.9. The molecule has 0 fully saturated rings. The zero-order chi connectivity index (χ0) is 30.0. The van der Waals surface area contributed by atoms with E-state index in [-0.39, 0.29) is 23.2 Å². The molecule has 218 valence electrons. The SMILES string of the molecule is COc1cc(C)ccc1[C@@H](CNc1ncc2n(c1=O)[C@H](C(=O)NCc1ccc(N)nc1C)CC2)c1cc(C)cc(C)n1. The summed E-state index contributed by atoms with van der Waals surface area (Å²) in [6.07, 6.45) is 2.81. The number of methoxy groups -OCH3 is 1. The number of benzene rings is 1. The number of hydrogen-bond donors (Lipinski definition) is 3. The Kier molecular flexibility index (Phi) is 8.24. The zero-order valence-electron chi connectivity index (χ0n) is 24.7. The van der Waals surface area contributed by atoms with Crippen molar-refractivity contribution >= 4 is 17.5 Å². The molecular formula is C32H37N7O3. The van der Waals surface area contributed by atoms with Crippen LogP contribution in [0.25, 0.3) is 0 Å². The number of nitrogens with one attached hydrogen (secondary N) is 2. The van der Waals surface area contributed by atoms with E-state index >= 15 is 0 Å². The molecule has 1 aliphatic rings. The molecule has 2 atom stereocenters. The van der Waals surface area contributed by atoms with Gasteiger partial charge in [0.2, 0.25) is 5.91 Å². The van der Waals surface area contributed by atoms with Gasteiger partial charge in [0.1, 0.15) is 17.6 Å². The first-order valence-electron chi connectivity index (χ1n) is 14.1. The summed E-state index contributed by atoms with van der Waals surface area (Å²) < 4.78 is 7.31. The van der Waals surface area contributed by atoms with E-state index in [9.17, 15) is 9.59 Å². The number of fused-ring (bicyclic) bond motifs is 1. The quantitative estimate of drug-likeness (QED) is 0.277. The van der Waals surface area contributed by atoms with Gasteiger partial charge in [0.15, 0.2) is 5.82 Å². The van der Waals surface area contributed by atoms with Crippen molar-refractivity contribution in [2.75, 3.05) is 24.7 Å². The fourth-order valence-corrected chi connectivity index (χ4v) is 5.64. The van der Waals surface area contributed by atoms with Crippen molar-refractivity contribution < 1.29 is 9.53 Å². The Morgan fingerprint density at radius 3 is 2.64 bits per heavy atom. The summed E-state index contributed by atoms with van der Waals surface area (Å²) in [5, 5.41) is 6.25. The van der Waals surface area contributed by atoms with E-state index in [1.165, 1.54) is 0 Å². The lowest BCUT2D eigenvalue weighted by Gasteiger charge is -2.22. The largest absolute Gasteiger partial charge is 0.496 e. The van der Waals surface area contributed by atoms with E-state index in [1.807, 2.05) is 58.0 Å². The minimum Gasteiger partial charge on any atom is -0.496 e. The highest BCUT2D eigenvalue weighted by atomic mass is 16.5. The Morgan fingerprint density at radius 1 is 1.10 bits per heavy atom. The fraction of sp³-hybridized carbons (Fsp3) is 0.344. The van der Waals surface area contributed by atoms with Crippen molar-refractivity contribution in [3.63, 3.8) is 0 Å². The van der Waals surface area contributed by atoms with Gasteiger partial charge in [-0.15, -0.1) is 0 Å². The molecule has 1 amide bonds. The van der Waals surface area contributed by atoms with Crippen molar-refractivity contribution in [2.24, 2.45) is 0 Å². The standard InChI is InChI=1S/C32H37N7O3/c1-18-6-9-24(28(14-18)42-5)25(26-13-19(2)12-20(3)37-26)17-35-30-32(41)39-23(16-34-30)8-10-27(39)31(40)36-15-22-7-11-29(33)38-21(22)4/h6-7,9,11-14,16,25,27H,8,10,15,17H2,1-5H3,(H2,33,38)(H,34,35)(H,36,40)/t25-,27+/m1/s1. The van der Waals surface area contributed by atoms with E-state index in [4.69, 9.17) is 15.5 Å². The van der Waals surface area contributed by atoms with Gasteiger partial charge in [-0.05, 0) is 81.5 Å². The topological polar surface area (TPSA) is 137 Å². The fourth-order valence-electron chi connectivity index (χ4n) is 5.64. The first-order chi connectivity index (χ1) is 20.1. The van der Waals surface area contributed by atoms with Gasteiger partial charge in [-0.25, -0.2) is 9.97 Å². The number of aryl methyl sites for hydroxylation is 5. The molecule has 3 aromatic heterocycles. The summed E-state index contributed by atoms with van der Waals surface area (Å²) in [6.45, 7) is 8.54. The molecule has 0 bridgehead atoms. The zero-order valence-corrected chi connectivity index (χ0v) is 24.7. The molecule has 10 heteroatoms. The highest BCUT2D eigenvalue weighted by Gasteiger charge is 2.31. The molecule has 0 saturated heterocycles. The van der Waals surface area contributed by atoms with Crippen molar-refractivity contribution in [1.82, 2.24) is 24.8 Å². The third-order valence-corrected chi connectivity index (χ3v) is 7.74. The lowest BCUT2D eigenvalue weighted by atomic mass is 9.92. The summed E-state index contributed by atoms with van der Waals surface area (Å²) in [5.41, 5.74) is 12.7. The first-order valence-corrected chi connectivity index (χ1v) is 14.1. The molecule has 5 rings (SSSR count). The predicted octanol–water partition coefficient (Wildman–Crippen LogP) is 3.91. The summed E-state index contributed by atoms with van der Waals surface area (Å²) in [7, 11) is 1.66. The van der Waals surface area contributed by atoms with Crippen molar-refractivity contribution in [3.8, 4) is 5.75 Å². The van der Waals surface area contributed by atoms with Crippen LogP contribution in [0.2, 0.25) is 0 Å². The molecule has 42 heavy (non-hydrogen) atoms. The molecule has 1 aromatic carbocycles.